The van der Waals surface area contributed by atoms with Crippen molar-refractivity contribution >= 4 is 54.8 Å². The van der Waals surface area contributed by atoms with Crippen molar-refractivity contribution in [3.63, 3.8) is 0 Å². The maximum atomic E-state index is 6.05. The van der Waals surface area contributed by atoms with E-state index >= 15 is 0 Å². The minimum absolute atomic E-state index is 0.191. The number of hydrogen-bond acceptors (Lipinski definition) is 2. The van der Waals surface area contributed by atoms with E-state index in [9.17, 15) is 0 Å². The fourth-order valence-corrected chi connectivity index (χ4v) is 4.58. The fraction of sp³-hybridized carbons (Fsp3) is 0.333. The van der Waals surface area contributed by atoms with Crippen LogP contribution in [0.15, 0.2) is 33.2 Å². The SMILES string of the molecule is CCCNC(c1cc(Br)c(C)s1)c1ccc(Cl)cc1Br. The van der Waals surface area contributed by atoms with Crippen molar-refractivity contribution in [1.82, 2.24) is 5.32 Å². The van der Waals surface area contributed by atoms with Crippen LogP contribution in [0.1, 0.15) is 34.7 Å². The molecule has 1 atom stereocenters. The van der Waals surface area contributed by atoms with Gasteiger partial charge in [-0.15, -0.1) is 11.3 Å². The molecule has 0 aliphatic rings. The summed E-state index contributed by atoms with van der Waals surface area (Å²) in [5, 5.41) is 4.37. The summed E-state index contributed by atoms with van der Waals surface area (Å²) in [7, 11) is 0. The van der Waals surface area contributed by atoms with Crippen molar-refractivity contribution in [3.8, 4) is 0 Å². The van der Waals surface area contributed by atoms with Crippen LogP contribution < -0.4 is 5.32 Å². The highest BCUT2D eigenvalue weighted by Crippen LogP contribution is 2.37. The number of thiophene rings is 1. The molecule has 1 aromatic carbocycles. The van der Waals surface area contributed by atoms with Gasteiger partial charge >= 0.3 is 0 Å². The van der Waals surface area contributed by atoms with Crippen LogP contribution in [-0.2, 0) is 0 Å². The smallest absolute Gasteiger partial charge is 0.0682 e. The molecule has 0 aliphatic heterocycles. The summed E-state index contributed by atoms with van der Waals surface area (Å²) < 4.78 is 2.21. The lowest BCUT2D eigenvalue weighted by Crippen LogP contribution is -2.22. The Morgan fingerprint density at radius 2 is 2.00 bits per heavy atom. The third-order valence-electron chi connectivity index (χ3n) is 3.03. The van der Waals surface area contributed by atoms with Crippen molar-refractivity contribution < 1.29 is 0 Å². The zero-order valence-electron chi connectivity index (χ0n) is 11.3. The largest absolute Gasteiger partial charge is 0.306 e. The molecule has 108 valence electrons. The highest BCUT2D eigenvalue weighted by Gasteiger charge is 2.19. The summed E-state index contributed by atoms with van der Waals surface area (Å²) in [6.07, 6.45) is 1.10. The molecule has 0 fully saturated rings. The van der Waals surface area contributed by atoms with E-state index in [0.717, 1.165) is 22.5 Å². The van der Waals surface area contributed by atoms with Crippen LogP contribution >= 0.6 is 54.8 Å². The van der Waals surface area contributed by atoms with Crippen molar-refractivity contribution in [2.45, 2.75) is 26.3 Å². The molecule has 0 radical (unpaired) electrons. The zero-order valence-corrected chi connectivity index (χ0v) is 16.1. The molecule has 0 bridgehead atoms. The van der Waals surface area contributed by atoms with E-state index in [1.165, 1.54) is 19.8 Å². The summed E-state index contributed by atoms with van der Waals surface area (Å²) in [6.45, 7) is 5.29. The van der Waals surface area contributed by atoms with E-state index in [-0.39, 0.29) is 6.04 Å². The monoisotopic (exact) mass is 435 g/mol. The first-order valence-electron chi connectivity index (χ1n) is 6.47. The minimum Gasteiger partial charge on any atom is -0.306 e. The van der Waals surface area contributed by atoms with Gasteiger partial charge in [-0.05, 0) is 59.6 Å². The standard InChI is InChI=1S/C15H16Br2ClNS/c1-3-6-19-15(14-8-12(16)9(2)20-14)11-5-4-10(18)7-13(11)17/h4-5,7-8,15,19H,3,6H2,1-2H3. The van der Waals surface area contributed by atoms with Crippen LogP contribution in [0.25, 0.3) is 0 Å². The van der Waals surface area contributed by atoms with E-state index in [2.05, 4.69) is 63.2 Å². The molecule has 2 rings (SSSR count). The van der Waals surface area contributed by atoms with Gasteiger partial charge in [0.2, 0.25) is 0 Å². The van der Waals surface area contributed by atoms with Gasteiger partial charge in [0.25, 0.3) is 0 Å². The summed E-state index contributed by atoms with van der Waals surface area (Å²) in [4.78, 5) is 2.61. The molecular weight excluding hydrogens is 422 g/mol. The highest BCUT2D eigenvalue weighted by atomic mass is 79.9. The van der Waals surface area contributed by atoms with E-state index in [1.807, 2.05) is 23.5 Å². The molecule has 0 saturated carbocycles. The minimum atomic E-state index is 0.191. The Hall–Kier alpha value is 0.130. The van der Waals surface area contributed by atoms with Gasteiger partial charge in [-0.3, -0.25) is 0 Å². The Bertz CT molecular complexity index is 578. The predicted octanol–water partition coefficient (Wildman–Crippen LogP) is 6.32. The Morgan fingerprint density at radius 1 is 1.25 bits per heavy atom. The molecule has 20 heavy (non-hydrogen) atoms. The molecule has 0 amide bonds. The molecule has 1 aromatic heterocycles. The third-order valence-corrected chi connectivity index (χ3v) is 6.16. The molecule has 1 N–H and O–H groups in total. The van der Waals surface area contributed by atoms with Crippen LogP contribution in [0.3, 0.4) is 0 Å². The van der Waals surface area contributed by atoms with E-state index in [1.54, 1.807) is 0 Å². The fourth-order valence-electron chi connectivity index (χ4n) is 2.01. The van der Waals surface area contributed by atoms with Crippen LogP contribution in [0.5, 0.6) is 0 Å². The average molecular weight is 438 g/mol. The third kappa shape index (κ3) is 3.86. The first-order chi connectivity index (χ1) is 9.52. The molecule has 2 aromatic rings. The summed E-state index contributed by atoms with van der Waals surface area (Å²) in [5.41, 5.74) is 1.22. The molecular formula is C15H16Br2ClNS. The van der Waals surface area contributed by atoms with Gasteiger partial charge in [-0.25, -0.2) is 0 Å². The average Bonchev–Trinajstić information content (AvgIpc) is 2.72. The van der Waals surface area contributed by atoms with Crippen LogP contribution in [-0.4, -0.2) is 6.54 Å². The number of hydrogen-bond donors (Lipinski definition) is 1. The van der Waals surface area contributed by atoms with Gasteiger partial charge in [-0.2, -0.15) is 0 Å². The van der Waals surface area contributed by atoms with Gasteiger partial charge in [0.1, 0.15) is 0 Å². The summed E-state index contributed by atoms with van der Waals surface area (Å²) in [6, 6.07) is 8.37. The second kappa shape index (κ2) is 7.41. The topological polar surface area (TPSA) is 12.0 Å². The van der Waals surface area contributed by atoms with Gasteiger partial charge in [0, 0.05) is 23.7 Å². The Labute approximate surface area is 146 Å². The second-order valence-corrected chi connectivity index (χ2v) is 8.04. The van der Waals surface area contributed by atoms with E-state index < -0.39 is 0 Å². The zero-order chi connectivity index (χ0) is 14.7. The Morgan fingerprint density at radius 3 is 2.55 bits per heavy atom. The van der Waals surface area contributed by atoms with Gasteiger partial charge in [0.15, 0.2) is 0 Å². The first-order valence-corrected chi connectivity index (χ1v) is 9.25. The van der Waals surface area contributed by atoms with Gasteiger partial charge < -0.3 is 5.32 Å². The quantitative estimate of drug-likeness (QED) is 0.577. The first kappa shape index (κ1) is 16.5. The van der Waals surface area contributed by atoms with Crippen molar-refractivity contribution in [3.05, 3.63) is 53.6 Å². The van der Waals surface area contributed by atoms with E-state index in [4.69, 9.17) is 11.6 Å². The van der Waals surface area contributed by atoms with Crippen molar-refractivity contribution in [1.29, 1.82) is 0 Å². The van der Waals surface area contributed by atoms with Crippen LogP contribution in [0, 0.1) is 6.92 Å². The predicted molar refractivity (Wildman–Crippen MR) is 96.0 cm³/mol. The Kier molecular flexibility index (Phi) is 6.11. The summed E-state index contributed by atoms with van der Waals surface area (Å²) in [5.74, 6) is 0. The number of nitrogens with one attached hydrogen (secondary N) is 1. The second-order valence-electron chi connectivity index (χ2n) is 4.61. The van der Waals surface area contributed by atoms with Crippen molar-refractivity contribution in [2.75, 3.05) is 6.54 Å². The number of rotatable bonds is 5. The number of aryl methyl sites for hydroxylation is 1. The van der Waals surface area contributed by atoms with Gasteiger partial charge in [-0.1, -0.05) is 40.5 Å². The van der Waals surface area contributed by atoms with E-state index in [0.29, 0.717) is 0 Å². The molecule has 5 heteroatoms. The summed E-state index contributed by atoms with van der Waals surface area (Å²) >= 11 is 15.1. The molecule has 1 heterocycles. The normalized spacial score (nSPS) is 12.7. The highest BCUT2D eigenvalue weighted by molar-refractivity contribution is 9.10. The molecule has 0 spiro atoms. The number of halogens is 3. The molecule has 0 saturated heterocycles. The van der Waals surface area contributed by atoms with Gasteiger partial charge in [0.05, 0.1) is 6.04 Å². The number of benzene rings is 1. The van der Waals surface area contributed by atoms with Crippen LogP contribution in [0.4, 0.5) is 0 Å². The van der Waals surface area contributed by atoms with Crippen LogP contribution in [0.2, 0.25) is 5.02 Å². The molecule has 1 nitrogen and oxygen atoms in total. The molecule has 0 aliphatic carbocycles. The lowest BCUT2D eigenvalue weighted by Gasteiger charge is -2.19. The van der Waals surface area contributed by atoms with Crippen molar-refractivity contribution in [2.24, 2.45) is 0 Å². The molecule has 1 unspecified atom stereocenters. The lowest BCUT2D eigenvalue weighted by molar-refractivity contribution is 0.604. The maximum Gasteiger partial charge on any atom is 0.0682 e. The Balaban J connectivity index is 2.41. The maximum absolute atomic E-state index is 6.05. The lowest BCUT2D eigenvalue weighted by atomic mass is 10.1.